The summed E-state index contributed by atoms with van der Waals surface area (Å²) in [6.45, 7) is 1.97. The van der Waals surface area contributed by atoms with Crippen molar-refractivity contribution in [2.24, 2.45) is 0 Å². The van der Waals surface area contributed by atoms with Gasteiger partial charge in [0.15, 0.2) is 0 Å². The van der Waals surface area contributed by atoms with E-state index in [0.717, 1.165) is 18.4 Å². The molecule has 1 aromatic carbocycles. The molecule has 1 fully saturated rings. The Morgan fingerprint density at radius 2 is 2.19 bits per heavy atom. The van der Waals surface area contributed by atoms with Gasteiger partial charge in [0, 0.05) is 18.7 Å². The fraction of sp³-hybridized carbons (Fsp3) is 0.357. The lowest BCUT2D eigenvalue weighted by molar-refractivity contribution is 0.0785. The molecule has 0 atom stereocenters. The summed E-state index contributed by atoms with van der Waals surface area (Å²) in [7, 11) is 1.85. The maximum atomic E-state index is 12.1. The standard InChI is InChI=1S/C14H15NO/c1-4-11-9-10(2)5-8-13(11)14(16)15(3)12-6-7-12/h1,5,8-9,12H,6-7H2,2-3H3. The van der Waals surface area contributed by atoms with E-state index in [0.29, 0.717) is 17.2 Å². The Bertz CT molecular complexity index is 466. The van der Waals surface area contributed by atoms with Crippen LogP contribution in [0, 0.1) is 19.3 Å². The van der Waals surface area contributed by atoms with Gasteiger partial charge in [-0.1, -0.05) is 12.0 Å². The highest BCUT2D eigenvalue weighted by Gasteiger charge is 2.30. The summed E-state index contributed by atoms with van der Waals surface area (Å²) in [4.78, 5) is 13.9. The van der Waals surface area contributed by atoms with Crippen molar-refractivity contribution in [3.8, 4) is 12.3 Å². The Morgan fingerprint density at radius 3 is 2.75 bits per heavy atom. The van der Waals surface area contributed by atoms with Crippen LogP contribution in [-0.4, -0.2) is 23.9 Å². The quantitative estimate of drug-likeness (QED) is 0.690. The minimum absolute atomic E-state index is 0.0375. The second kappa shape index (κ2) is 4.02. The van der Waals surface area contributed by atoms with E-state index in [-0.39, 0.29) is 5.91 Å². The zero-order valence-electron chi connectivity index (χ0n) is 9.66. The fourth-order valence-corrected chi connectivity index (χ4v) is 1.78. The van der Waals surface area contributed by atoms with Crippen LogP contribution in [0.25, 0.3) is 0 Å². The van der Waals surface area contributed by atoms with E-state index in [1.54, 1.807) is 4.90 Å². The number of carbonyl (C=O) groups excluding carboxylic acids is 1. The van der Waals surface area contributed by atoms with Crippen LogP contribution >= 0.6 is 0 Å². The molecule has 0 aliphatic heterocycles. The van der Waals surface area contributed by atoms with Crippen molar-refractivity contribution in [1.82, 2.24) is 4.90 Å². The molecule has 0 aromatic heterocycles. The van der Waals surface area contributed by atoms with Crippen molar-refractivity contribution >= 4 is 5.91 Å². The maximum Gasteiger partial charge on any atom is 0.255 e. The summed E-state index contributed by atoms with van der Waals surface area (Å²) in [5, 5.41) is 0. The van der Waals surface area contributed by atoms with Gasteiger partial charge in [-0.05, 0) is 37.5 Å². The molecule has 0 spiro atoms. The molecule has 16 heavy (non-hydrogen) atoms. The van der Waals surface area contributed by atoms with Crippen LogP contribution in [0.1, 0.15) is 34.3 Å². The molecule has 0 N–H and O–H groups in total. The van der Waals surface area contributed by atoms with Crippen molar-refractivity contribution in [1.29, 1.82) is 0 Å². The van der Waals surface area contributed by atoms with E-state index < -0.39 is 0 Å². The number of nitrogens with zero attached hydrogens (tertiary/aromatic N) is 1. The third-order valence-electron chi connectivity index (χ3n) is 2.98. The Kier molecular flexibility index (Phi) is 2.70. The third kappa shape index (κ3) is 1.94. The van der Waals surface area contributed by atoms with Gasteiger partial charge < -0.3 is 4.90 Å². The average molecular weight is 213 g/mol. The first kappa shape index (κ1) is 10.8. The molecule has 2 rings (SSSR count). The molecule has 1 amide bonds. The zero-order chi connectivity index (χ0) is 11.7. The van der Waals surface area contributed by atoms with E-state index in [9.17, 15) is 4.79 Å². The Morgan fingerprint density at radius 1 is 1.50 bits per heavy atom. The average Bonchev–Trinajstić information content (AvgIpc) is 3.10. The molecular weight excluding hydrogens is 198 g/mol. The third-order valence-corrected chi connectivity index (χ3v) is 2.98. The highest BCUT2D eigenvalue weighted by atomic mass is 16.2. The molecule has 0 saturated heterocycles. The van der Waals surface area contributed by atoms with Crippen LogP contribution in [0.5, 0.6) is 0 Å². The zero-order valence-corrected chi connectivity index (χ0v) is 9.66. The Labute approximate surface area is 96.3 Å². The van der Waals surface area contributed by atoms with Gasteiger partial charge in [-0.3, -0.25) is 4.79 Å². The number of aryl methyl sites for hydroxylation is 1. The number of terminal acetylenes is 1. The highest BCUT2D eigenvalue weighted by Crippen LogP contribution is 2.27. The van der Waals surface area contributed by atoms with E-state index in [1.165, 1.54) is 0 Å². The summed E-state index contributed by atoms with van der Waals surface area (Å²) >= 11 is 0. The summed E-state index contributed by atoms with van der Waals surface area (Å²) in [5.74, 6) is 2.62. The lowest BCUT2D eigenvalue weighted by Crippen LogP contribution is -2.29. The SMILES string of the molecule is C#Cc1cc(C)ccc1C(=O)N(C)C1CC1. The Balaban J connectivity index is 2.32. The molecule has 2 heteroatoms. The first-order valence-electron chi connectivity index (χ1n) is 5.48. The number of rotatable bonds is 2. The van der Waals surface area contributed by atoms with Crippen molar-refractivity contribution in [2.75, 3.05) is 7.05 Å². The molecule has 2 nitrogen and oxygen atoms in total. The van der Waals surface area contributed by atoms with Crippen molar-refractivity contribution in [3.63, 3.8) is 0 Å². The van der Waals surface area contributed by atoms with Crippen molar-refractivity contribution in [3.05, 3.63) is 34.9 Å². The summed E-state index contributed by atoms with van der Waals surface area (Å²) in [6, 6.07) is 6.05. The largest absolute Gasteiger partial charge is 0.339 e. The maximum absolute atomic E-state index is 12.1. The minimum atomic E-state index is 0.0375. The first-order chi connectivity index (χ1) is 7.63. The normalized spacial score (nSPS) is 14.3. The monoisotopic (exact) mass is 213 g/mol. The fourth-order valence-electron chi connectivity index (χ4n) is 1.78. The van der Waals surface area contributed by atoms with Crippen LogP contribution in [0.3, 0.4) is 0 Å². The predicted octanol–water partition coefficient (Wildman–Crippen LogP) is 2.21. The smallest absolute Gasteiger partial charge is 0.255 e. The molecule has 0 unspecified atom stereocenters. The minimum Gasteiger partial charge on any atom is -0.339 e. The van der Waals surface area contributed by atoms with Gasteiger partial charge in [0.05, 0.1) is 5.56 Å². The van der Waals surface area contributed by atoms with Crippen molar-refractivity contribution in [2.45, 2.75) is 25.8 Å². The van der Waals surface area contributed by atoms with Gasteiger partial charge in [-0.25, -0.2) is 0 Å². The molecular formula is C14H15NO. The number of carbonyl (C=O) groups is 1. The van der Waals surface area contributed by atoms with Crippen LogP contribution in [-0.2, 0) is 0 Å². The van der Waals surface area contributed by atoms with Crippen molar-refractivity contribution < 1.29 is 4.79 Å². The Hall–Kier alpha value is -1.75. The number of hydrogen-bond acceptors (Lipinski definition) is 1. The van der Waals surface area contributed by atoms with E-state index >= 15 is 0 Å². The lowest BCUT2D eigenvalue weighted by Gasteiger charge is -2.17. The summed E-state index contributed by atoms with van der Waals surface area (Å²) in [5.41, 5.74) is 2.42. The van der Waals surface area contributed by atoms with Crippen LogP contribution in [0.15, 0.2) is 18.2 Å². The summed E-state index contributed by atoms with van der Waals surface area (Å²) in [6.07, 6.45) is 7.65. The molecule has 0 bridgehead atoms. The molecule has 1 saturated carbocycles. The van der Waals surface area contributed by atoms with Gasteiger partial charge in [0.25, 0.3) is 5.91 Å². The van der Waals surface area contributed by atoms with E-state index in [4.69, 9.17) is 6.42 Å². The van der Waals surface area contributed by atoms with Gasteiger partial charge >= 0.3 is 0 Å². The molecule has 0 heterocycles. The number of amides is 1. The second-order valence-electron chi connectivity index (χ2n) is 4.34. The topological polar surface area (TPSA) is 20.3 Å². The van der Waals surface area contributed by atoms with E-state index in [1.807, 2.05) is 32.2 Å². The van der Waals surface area contributed by atoms with E-state index in [2.05, 4.69) is 5.92 Å². The number of hydrogen-bond donors (Lipinski definition) is 0. The van der Waals surface area contributed by atoms with Gasteiger partial charge in [0.2, 0.25) is 0 Å². The van der Waals surface area contributed by atoms with Crippen LogP contribution < -0.4 is 0 Å². The predicted molar refractivity (Wildman–Crippen MR) is 64.2 cm³/mol. The highest BCUT2D eigenvalue weighted by molar-refractivity contribution is 5.97. The molecule has 1 aliphatic rings. The number of benzene rings is 1. The molecule has 82 valence electrons. The first-order valence-corrected chi connectivity index (χ1v) is 5.48. The summed E-state index contributed by atoms with van der Waals surface area (Å²) < 4.78 is 0. The van der Waals surface area contributed by atoms with Gasteiger partial charge in [0.1, 0.15) is 0 Å². The molecule has 1 aliphatic carbocycles. The van der Waals surface area contributed by atoms with Gasteiger partial charge in [-0.2, -0.15) is 0 Å². The second-order valence-corrected chi connectivity index (χ2v) is 4.34. The van der Waals surface area contributed by atoms with Crippen LogP contribution in [0.4, 0.5) is 0 Å². The van der Waals surface area contributed by atoms with Crippen LogP contribution in [0.2, 0.25) is 0 Å². The van der Waals surface area contributed by atoms with Gasteiger partial charge in [-0.15, -0.1) is 6.42 Å². The molecule has 1 aromatic rings. The lowest BCUT2D eigenvalue weighted by atomic mass is 10.0. The molecule has 0 radical (unpaired) electrons.